The van der Waals surface area contributed by atoms with E-state index >= 15 is 0 Å². The number of ether oxygens (including phenoxy) is 1. The van der Waals surface area contributed by atoms with Crippen molar-refractivity contribution in [3.63, 3.8) is 0 Å². The van der Waals surface area contributed by atoms with Crippen LogP contribution < -0.4 is 15.1 Å². The molecule has 0 unspecified atom stereocenters. The van der Waals surface area contributed by atoms with Crippen molar-refractivity contribution in [1.29, 1.82) is 5.26 Å². The lowest BCUT2D eigenvalue weighted by Crippen LogP contribution is -2.27. The van der Waals surface area contributed by atoms with E-state index in [4.69, 9.17) is 24.5 Å². The maximum absolute atomic E-state index is 11.7. The summed E-state index contributed by atoms with van der Waals surface area (Å²) >= 11 is 0. The van der Waals surface area contributed by atoms with E-state index in [0.29, 0.717) is 63.0 Å². The van der Waals surface area contributed by atoms with Crippen LogP contribution in [0.3, 0.4) is 0 Å². The molecule has 3 aromatic rings. The largest absolute Gasteiger partial charge is 0.466 e. The molecule has 1 N–H and O–H groups in total. The van der Waals surface area contributed by atoms with E-state index in [0.717, 1.165) is 27.8 Å². The minimum atomic E-state index is -0.201. The highest BCUT2D eigenvalue weighted by atomic mass is 17.2. The highest BCUT2D eigenvalue weighted by Crippen LogP contribution is 2.29. The molecule has 9 heteroatoms. The molecule has 1 aromatic heterocycles. The molecule has 0 radical (unpaired) electrons. The van der Waals surface area contributed by atoms with Crippen molar-refractivity contribution in [2.45, 2.75) is 39.8 Å². The average Bonchev–Trinajstić information content (AvgIpc) is 3.33. The van der Waals surface area contributed by atoms with E-state index in [9.17, 15) is 10.1 Å². The Balaban J connectivity index is 1.58. The van der Waals surface area contributed by atoms with Crippen molar-refractivity contribution >= 4 is 28.6 Å². The summed E-state index contributed by atoms with van der Waals surface area (Å²) in [5.41, 5.74) is 3.30. The van der Waals surface area contributed by atoms with Gasteiger partial charge in [0.05, 0.1) is 23.8 Å². The van der Waals surface area contributed by atoms with Gasteiger partial charge in [0, 0.05) is 37.0 Å². The number of nitriles is 1. The molecule has 34 heavy (non-hydrogen) atoms. The first-order valence-electron chi connectivity index (χ1n) is 11.4. The smallest absolute Gasteiger partial charge is 0.305 e. The number of nitrogens with zero attached hydrogens (tertiary/aromatic N) is 4. The average molecular weight is 462 g/mol. The third-order valence-electron chi connectivity index (χ3n) is 5.55. The van der Waals surface area contributed by atoms with Crippen LogP contribution >= 0.6 is 0 Å². The first-order valence-corrected chi connectivity index (χ1v) is 11.4. The highest BCUT2D eigenvalue weighted by molar-refractivity contribution is 5.91. The Hall–Kier alpha value is -3.90. The fourth-order valence-electron chi connectivity index (χ4n) is 3.76. The van der Waals surface area contributed by atoms with Crippen LogP contribution in [0.25, 0.3) is 10.9 Å². The van der Waals surface area contributed by atoms with Gasteiger partial charge in [-0.1, -0.05) is 12.1 Å². The Bertz CT molecular complexity index is 1220. The van der Waals surface area contributed by atoms with Crippen molar-refractivity contribution in [3.8, 4) is 11.8 Å². The number of esters is 1. The molecule has 4 rings (SSSR count). The van der Waals surface area contributed by atoms with Gasteiger partial charge in [0.2, 0.25) is 5.95 Å². The second-order valence-corrected chi connectivity index (χ2v) is 7.85. The number of nitrogens with one attached hydrogen (secondary N) is 1. The summed E-state index contributed by atoms with van der Waals surface area (Å²) in [6, 6.07) is 13.5. The molecule has 0 atom stereocenters. The molecule has 0 bridgehead atoms. The molecule has 9 nitrogen and oxygen atoms in total. The lowest BCUT2D eigenvalue weighted by atomic mass is 10.1. The van der Waals surface area contributed by atoms with Crippen LogP contribution in [0, 0.1) is 11.3 Å². The number of hydrogen-bond donors (Lipinski definition) is 1. The Morgan fingerprint density at radius 1 is 1.24 bits per heavy atom. The molecule has 0 saturated carbocycles. The van der Waals surface area contributed by atoms with Gasteiger partial charge in [0.15, 0.2) is 5.75 Å². The van der Waals surface area contributed by atoms with Crippen molar-refractivity contribution in [1.82, 2.24) is 9.97 Å². The van der Waals surface area contributed by atoms with E-state index in [-0.39, 0.29) is 5.97 Å². The van der Waals surface area contributed by atoms with E-state index in [1.165, 1.54) is 0 Å². The van der Waals surface area contributed by atoms with Gasteiger partial charge in [0.1, 0.15) is 12.4 Å². The SMILES string of the molecule is CCOC(=O)CCCN(CC)c1nc(NCc2ccc3c(c2)OOC3)c2cc(C#N)ccc2n1. The minimum Gasteiger partial charge on any atom is -0.466 e. The quantitative estimate of drug-likeness (QED) is 0.352. The van der Waals surface area contributed by atoms with Gasteiger partial charge in [-0.3, -0.25) is 4.79 Å². The summed E-state index contributed by atoms with van der Waals surface area (Å²) < 4.78 is 5.02. The van der Waals surface area contributed by atoms with Crippen LogP contribution in [-0.4, -0.2) is 35.6 Å². The number of carbonyl (C=O) groups excluding carboxylic acids is 1. The number of benzene rings is 2. The maximum Gasteiger partial charge on any atom is 0.305 e. The lowest BCUT2D eigenvalue weighted by Gasteiger charge is -2.22. The lowest BCUT2D eigenvalue weighted by molar-refractivity contribution is -0.194. The van der Waals surface area contributed by atoms with Crippen LogP contribution in [0.4, 0.5) is 11.8 Å². The normalized spacial score (nSPS) is 12.0. The van der Waals surface area contributed by atoms with E-state index in [2.05, 4.69) is 11.4 Å². The maximum atomic E-state index is 11.7. The zero-order chi connectivity index (χ0) is 23.9. The van der Waals surface area contributed by atoms with E-state index in [1.807, 2.05) is 36.1 Å². The highest BCUT2D eigenvalue weighted by Gasteiger charge is 2.16. The van der Waals surface area contributed by atoms with Gasteiger partial charge in [-0.15, -0.1) is 0 Å². The summed E-state index contributed by atoms with van der Waals surface area (Å²) in [6.07, 6.45) is 0.986. The third kappa shape index (κ3) is 5.35. The minimum absolute atomic E-state index is 0.201. The fraction of sp³-hybridized carbons (Fsp3) is 0.360. The van der Waals surface area contributed by atoms with Crippen LogP contribution in [0.15, 0.2) is 36.4 Å². The molecule has 0 aliphatic carbocycles. The van der Waals surface area contributed by atoms with Gasteiger partial charge >= 0.3 is 5.97 Å². The Morgan fingerprint density at radius 3 is 2.91 bits per heavy atom. The van der Waals surface area contributed by atoms with Gasteiger partial charge in [-0.2, -0.15) is 15.1 Å². The van der Waals surface area contributed by atoms with Gasteiger partial charge < -0.3 is 19.8 Å². The van der Waals surface area contributed by atoms with Crippen molar-refractivity contribution in [3.05, 3.63) is 53.1 Å². The molecule has 176 valence electrons. The second-order valence-electron chi connectivity index (χ2n) is 7.85. The van der Waals surface area contributed by atoms with Gasteiger partial charge in [-0.05, 0) is 50.1 Å². The molecule has 0 saturated heterocycles. The molecule has 2 aromatic carbocycles. The summed E-state index contributed by atoms with van der Waals surface area (Å²) in [5, 5.41) is 13.5. The molecular weight excluding hydrogens is 434 g/mol. The summed E-state index contributed by atoms with van der Waals surface area (Å²) in [7, 11) is 0. The second kappa shape index (κ2) is 10.8. The van der Waals surface area contributed by atoms with Crippen LogP contribution in [0.5, 0.6) is 5.75 Å². The number of carbonyl (C=O) groups is 1. The molecule has 2 heterocycles. The first-order chi connectivity index (χ1) is 16.6. The Morgan fingerprint density at radius 2 is 2.12 bits per heavy atom. The first kappa shape index (κ1) is 23.3. The van der Waals surface area contributed by atoms with Crippen LogP contribution in [-0.2, 0) is 27.6 Å². The number of hydrogen-bond acceptors (Lipinski definition) is 9. The van der Waals surface area contributed by atoms with Crippen LogP contribution in [0.2, 0.25) is 0 Å². The predicted molar refractivity (Wildman–Crippen MR) is 127 cm³/mol. The molecule has 0 fully saturated rings. The number of rotatable bonds is 10. The third-order valence-corrected chi connectivity index (χ3v) is 5.55. The number of anilines is 2. The van der Waals surface area contributed by atoms with E-state index in [1.54, 1.807) is 19.1 Å². The monoisotopic (exact) mass is 461 g/mol. The summed E-state index contributed by atoms with van der Waals surface area (Å²) in [4.78, 5) is 33.5. The Kier molecular flexibility index (Phi) is 7.40. The van der Waals surface area contributed by atoms with Gasteiger partial charge in [0.25, 0.3) is 0 Å². The van der Waals surface area contributed by atoms with E-state index < -0.39 is 0 Å². The topological polar surface area (TPSA) is 110 Å². The number of aromatic nitrogens is 2. The van der Waals surface area contributed by atoms with Gasteiger partial charge in [-0.25, -0.2) is 4.98 Å². The molecule has 1 aliphatic heterocycles. The zero-order valence-corrected chi connectivity index (χ0v) is 19.3. The fourth-order valence-corrected chi connectivity index (χ4v) is 3.76. The Labute approximate surface area is 198 Å². The molecule has 0 amide bonds. The zero-order valence-electron chi connectivity index (χ0n) is 19.3. The van der Waals surface area contributed by atoms with Crippen molar-refractivity contribution in [2.24, 2.45) is 0 Å². The molecule has 0 spiro atoms. The molecular formula is C25H27N5O4. The van der Waals surface area contributed by atoms with Crippen molar-refractivity contribution in [2.75, 3.05) is 29.9 Å². The van der Waals surface area contributed by atoms with Crippen molar-refractivity contribution < 1.29 is 19.3 Å². The predicted octanol–water partition coefficient (Wildman–Crippen LogP) is 4.11. The summed E-state index contributed by atoms with van der Waals surface area (Å²) in [6.45, 7) is 6.47. The van der Waals surface area contributed by atoms with Crippen LogP contribution in [0.1, 0.15) is 43.4 Å². The number of fused-ring (bicyclic) bond motifs is 2. The standard InChI is InChI=1S/C25H27N5O4/c1-3-30(11-5-6-23(31)32-4-2)25-28-21-10-8-17(14-26)12-20(21)24(29-25)27-15-18-7-9-19-16-33-34-22(19)13-18/h7-10,12-13H,3-6,11,15-16H2,1-2H3,(H,27,28,29). The molecule has 1 aliphatic rings. The summed E-state index contributed by atoms with van der Waals surface area (Å²) in [5.74, 6) is 1.72.